The number of fused-ring (bicyclic) bond motifs is 3. The summed E-state index contributed by atoms with van der Waals surface area (Å²) < 4.78 is 2.12. The van der Waals surface area contributed by atoms with Crippen LogP contribution in [0.5, 0.6) is 0 Å². The van der Waals surface area contributed by atoms with Crippen LogP contribution in [0.25, 0.3) is 61.7 Å². The van der Waals surface area contributed by atoms with Crippen LogP contribution in [0.2, 0.25) is 0 Å². The first kappa shape index (κ1) is 31.5. The molecule has 5 aromatic carbocycles. The molecule has 0 atom stereocenters. The van der Waals surface area contributed by atoms with E-state index in [4.69, 9.17) is 15.0 Å². The van der Waals surface area contributed by atoms with Crippen molar-refractivity contribution in [3.05, 3.63) is 131 Å². The number of hydrogen-bond acceptors (Lipinski definition) is 5. The maximum atomic E-state index is 10.7. The number of benzene rings is 5. The van der Waals surface area contributed by atoms with Gasteiger partial charge in [0.25, 0.3) is 0 Å². The van der Waals surface area contributed by atoms with Gasteiger partial charge in [0.05, 0.1) is 33.9 Å². The van der Waals surface area contributed by atoms with Crippen molar-refractivity contribution in [3.8, 4) is 52.0 Å². The van der Waals surface area contributed by atoms with E-state index in [9.17, 15) is 10.5 Å². The molecule has 7 rings (SSSR count). The maximum Gasteiger partial charge on any atom is 0.165 e. The van der Waals surface area contributed by atoms with Gasteiger partial charge >= 0.3 is 0 Å². The van der Waals surface area contributed by atoms with Crippen molar-refractivity contribution in [1.82, 2.24) is 19.5 Å². The Morgan fingerprint density at radius 1 is 0.510 bits per heavy atom. The molecule has 0 saturated carbocycles. The highest BCUT2D eigenvalue weighted by atomic mass is 15.0. The van der Waals surface area contributed by atoms with Crippen LogP contribution in [0.3, 0.4) is 0 Å². The Morgan fingerprint density at radius 3 is 1.39 bits per heavy atom. The van der Waals surface area contributed by atoms with Gasteiger partial charge in [-0.2, -0.15) is 10.5 Å². The molecule has 7 aromatic rings. The molecular formula is C43H36N6. The molecule has 0 aliphatic carbocycles. The SMILES string of the molecule is CC(C)(C)c1ccc2c(c1)c1cc(C(C)(C)C)ccc1n2-c1cc(C#N)c(-c2nc(-c3ccccc3)nc(-c3ccccc3)n2)cc1C#N. The largest absolute Gasteiger partial charge is 0.308 e. The minimum absolute atomic E-state index is 0.0422. The first-order valence-corrected chi connectivity index (χ1v) is 16.4. The van der Waals surface area contributed by atoms with Crippen molar-refractivity contribution in [2.24, 2.45) is 0 Å². The Hall–Kier alpha value is -6.11. The summed E-state index contributed by atoms with van der Waals surface area (Å²) >= 11 is 0. The Kier molecular flexibility index (Phi) is 7.61. The zero-order valence-corrected chi connectivity index (χ0v) is 28.6. The fraction of sp³-hybridized carbons (Fsp3) is 0.186. The predicted molar refractivity (Wildman–Crippen MR) is 197 cm³/mol. The van der Waals surface area contributed by atoms with E-state index in [2.05, 4.69) is 94.6 Å². The molecule has 2 heterocycles. The van der Waals surface area contributed by atoms with Crippen molar-refractivity contribution in [3.63, 3.8) is 0 Å². The van der Waals surface area contributed by atoms with Gasteiger partial charge in [-0.1, -0.05) is 114 Å². The molecule has 2 aromatic heterocycles. The monoisotopic (exact) mass is 636 g/mol. The summed E-state index contributed by atoms with van der Waals surface area (Å²) in [6.45, 7) is 13.3. The lowest BCUT2D eigenvalue weighted by molar-refractivity contribution is 0.590. The third-order valence-electron chi connectivity index (χ3n) is 9.06. The van der Waals surface area contributed by atoms with Crippen LogP contribution in [-0.4, -0.2) is 19.5 Å². The highest BCUT2D eigenvalue weighted by Gasteiger charge is 2.24. The summed E-state index contributed by atoms with van der Waals surface area (Å²) in [5, 5.41) is 23.5. The Labute approximate surface area is 287 Å². The zero-order chi connectivity index (χ0) is 34.5. The van der Waals surface area contributed by atoms with Crippen LogP contribution < -0.4 is 0 Å². The lowest BCUT2D eigenvalue weighted by Crippen LogP contribution is -2.10. The second kappa shape index (κ2) is 11.8. The molecule has 6 nitrogen and oxygen atoms in total. The van der Waals surface area contributed by atoms with Gasteiger partial charge in [0.2, 0.25) is 0 Å². The molecule has 0 bridgehead atoms. The van der Waals surface area contributed by atoms with Crippen molar-refractivity contribution >= 4 is 21.8 Å². The predicted octanol–water partition coefficient (Wildman–Crippen LogP) is 10.3. The Morgan fingerprint density at radius 2 is 0.959 bits per heavy atom. The second-order valence-corrected chi connectivity index (χ2v) is 14.5. The van der Waals surface area contributed by atoms with Gasteiger partial charge < -0.3 is 4.57 Å². The van der Waals surface area contributed by atoms with Gasteiger partial charge in [-0.05, 0) is 58.4 Å². The van der Waals surface area contributed by atoms with Crippen LogP contribution in [0.4, 0.5) is 0 Å². The highest BCUT2D eigenvalue weighted by Crippen LogP contribution is 2.39. The maximum absolute atomic E-state index is 10.7. The summed E-state index contributed by atoms with van der Waals surface area (Å²) in [5.41, 5.74) is 7.86. The van der Waals surface area contributed by atoms with Gasteiger partial charge in [0.1, 0.15) is 6.07 Å². The molecule has 0 saturated heterocycles. The van der Waals surface area contributed by atoms with E-state index in [1.807, 2.05) is 60.7 Å². The standard InChI is InChI=1S/C43H36N6/c1-42(2,3)31-17-19-36-34(23-31)35-24-32(43(4,5)6)18-20-37(35)49(36)38-22-29(25-44)33(21-30(38)26-45)41-47-39(27-13-9-7-10-14-27)46-40(48-41)28-15-11-8-12-16-28/h7-24H,1-6H3. The molecule has 0 amide bonds. The van der Waals surface area contributed by atoms with E-state index in [0.717, 1.165) is 32.9 Å². The van der Waals surface area contributed by atoms with Gasteiger partial charge in [0, 0.05) is 27.5 Å². The zero-order valence-electron chi connectivity index (χ0n) is 28.6. The number of nitriles is 2. The average molecular weight is 637 g/mol. The van der Waals surface area contributed by atoms with Crippen molar-refractivity contribution < 1.29 is 0 Å². The van der Waals surface area contributed by atoms with E-state index in [1.54, 1.807) is 12.1 Å². The van der Waals surface area contributed by atoms with Crippen molar-refractivity contribution in [1.29, 1.82) is 10.5 Å². The molecule has 0 N–H and O–H groups in total. The Bertz CT molecular complexity index is 2340. The number of nitrogens with zero attached hydrogens (tertiary/aromatic N) is 6. The molecule has 0 aliphatic rings. The summed E-state index contributed by atoms with van der Waals surface area (Å²) in [6, 6.07) is 40.9. The summed E-state index contributed by atoms with van der Waals surface area (Å²) in [5.74, 6) is 1.31. The first-order chi connectivity index (χ1) is 23.5. The highest BCUT2D eigenvalue weighted by molar-refractivity contribution is 6.10. The van der Waals surface area contributed by atoms with Crippen LogP contribution in [0.15, 0.2) is 109 Å². The lowest BCUT2D eigenvalue weighted by Gasteiger charge is -2.19. The fourth-order valence-electron chi connectivity index (χ4n) is 6.29. The smallest absolute Gasteiger partial charge is 0.165 e. The van der Waals surface area contributed by atoms with Crippen LogP contribution in [0.1, 0.15) is 63.8 Å². The molecule has 0 fully saturated rings. The van der Waals surface area contributed by atoms with Gasteiger partial charge in [-0.15, -0.1) is 0 Å². The molecule has 0 aliphatic heterocycles. The number of rotatable bonds is 4. The first-order valence-electron chi connectivity index (χ1n) is 16.4. The number of hydrogen-bond donors (Lipinski definition) is 0. The van der Waals surface area contributed by atoms with Crippen LogP contribution >= 0.6 is 0 Å². The third kappa shape index (κ3) is 5.73. The van der Waals surface area contributed by atoms with Crippen molar-refractivity contribution in [2.75, 3.05) is 0 Å². The second-order valence-electron chi connectivity index (χ2n) is 14.5. The van der Waals surface area contributed by atoms with Crippen molar-refractivity contribution in [2.45, 2.75) is 52.4 Å². The normalized spacial score (nSPS) is 11.8. The van der Waals surface area contributed by atoms with E-state index in [-0.39, 0.29) is 10.8 Å². The quantitative estimate of drug-likeness (QED) is 0.192. The van der Waals surface area contributed by atoms with E-state index >= 15 is 0 Å². The summed E-state index contributed by atoms with van der Waals surface area (Å²) in [4.78, 5) is 14.5. The van der Waals surface area contributed by atoms with Gasteiger partial charge in [-0.25, -0.2) is 15.0 Å². The summed E-state index contributed by atoms with van der Waals surface area (Å²) in [7, 11) is 0. The molecule has 0 radical (unpaired) electrons. The van der Waals surface area contributed by atoms with Crippen LogP contribution in [0, 0.1) is 22.7 Å². The molecule has 0 spiro atoms. The number of aromatic nitrogens is 4. The molecule has 238 valence electrons. The molecule has 0 unspecified atom stereocenters. The van der Waals surface area contributed by atoms with E-state index < -0.39 is 0 Å². The average Bonchev–Trinajstić information content (AvgIpc) is 3.44. The minimum Gasteiger partial charge on any atom is -0.308 e. The fourth-order valence-corrected chi connectivity index (χ4v) is 6.29. The third-order valence-corrected chi connectivity index (χ3v) is 9.06. The van der Waals surface area contributed by atoms with E-state index in [0.29, 0.717) is 39.9 Å². The summed E-state index contributed by atoms with van der Waals surface area (Å²) in [6.07, 6.45) is 0. The van der Waals surface area contributed by atoms with Gasteiger partial charge in [-0.3, -0.25) is 0 Å². The Balaban J connectivity index is 1.50. The lowest BCUT2D eigenvalue weighted by atomic mass is 9.85. The topological polar surface area (TPSA) is 91.2 Å². The molecule has 6 heteroatoms. The molecular weight excluding hydrogens is 601 g/mol. The molecule has 49 heavy (non-hydrogen) atoms. The minimum atomic E-state index is -0.0422. The van der Waals surface area contributed by atoms with E-state index in [1.165, 1.54) is 11.1 Å². The van der Waals surface area contributed by atoms with Gasteiger partial charge in [0.15, 0.2) is 17.5 Å². The van der Waals surface area contributed by atoms with Crippen LogP contribution in [-0.2, 0) is 10.8 Å².